The fraction of sp³-hybridized carbons (Fsp3) is 0.294. The highest BCUT2D eigenvalue weighted by Gasteiger charge is 2.18. The molecule has 0 saturated carbocycles. The number of fused-ring (bicyclic) bond motifs is 1. The summed E-state index contributed by atoms with van der Waals surface area (Å²) in [5.74, 6) is 5.54. The lowest BCUT2D eigenvalue weighted by Crippen LogP contribution is -2.29. The van der Waals surface area contributed by atoms with Gasteiger partial charge in [0.05, 0.1) is 6.54 Å². The van der Waals surface area contributed by atoms with Crippen LogP contribution in [0, 0.1) is 17.7 Å². The third-order valence-electron chi connectivity index (χ3n) is 3.68. The van der Waals surface area contributed by atoms with Gasteiger partial charge in [-0.05, 0) is 41.1 Å². The molecule has 108 valence electrons. The zero-order chi connectivity index (χ0) is 14.7. The first-order chi connectivity index (χ1) is 10.3. The van der Waals surface area contributed by atoms with Crippen molar-refractivity contribution in [3.8, 4) is 11.8 Å². The average Bonchev–Trinajstić information content (AvgIpc) is 2.95. The molecule has 0 amide bonds. The Morgan fingerprint density at radius 1 is 1.33 bits per heavy atom. The summed E-state index contributed by atoms with van der Waals surface area (Å²) in [5.41, 5.74) is 8.65. The van der Waals surface area contributed by atoms with Crippen LogP contribution >= 0.6 is 11.3 Å². The molecule has 0 bridgehead atoms. The van der Waals surface area contributed by atoms with Crippen molar-refractivity contribution in [1.82, 2.24) is 4.90 Å². The Labute approximate surface area is 128 Å². The van der Waals surface area contributed by atoms with Gasteiger partial charge < -0.3 is 5.73 Å². The maximum atomic E-state index is 13.4. The monoisotopic (exact) mass is 300 g/mol. The van der Waals surface area contributed by atoms with Crippen LogP contribution < -0.4 is 5.73 Å². The molecule has 0 radical (unpaired) electrons. The lowest BCUT2D eigenvalue weighted by molar-refractivity contribution is 0.247. The second-order valence-electron chi connectivity index (χ2n) is 5.14. The Morgan fingerprint density at radius 2 is 2.24 bits per heavy atom. The zero-order valence-electron chi connectivity index (χ0n) is 11.7. The normalized spacial score (nSPS) is 14.4. The molecular weight excluding hydrogens is 283 g/mol. The maximum absolute atomic E-state index is 13.4. The van der Waals surface area contributed by atoms with Crippen LogP contribution in [0.5, 0.6) is 0 Å². The number of nitrogens with two attached hydrogens (primary N) is 1. The minimum absolute atomic E-state index is 0.251. The average molecular weight is 300 g/mol. The summed E-state index contributed by atoms with van der Waals surface area (Å²) in [7, 11) is 0. The van der Waals surface area contributed by atoms with E-state index in [1.807, 2.05) is 17.4 Å². The fourth-order valence-corrected chi connectivity index (χ4v) is 3.52. The summed E-state index contributed by atoms with van der Waals surface area (Å²) in [5, 5.41) is 2.16. The molecule has 0 atom stereocenters. The minimum Gasteiger partial charge on any atom is -0.320 e. The highest BCUT2D eigenvalue weighted by molar-refractivity contribution is 7.10. The molecular formula is C17H17FN2S. The molecule has 0 spiro atoms. The van der Waals surface area contributed by atoms with E-state index >= 15 is 0 Å². The Bertz CT molecular complexity index is 696. The first-order valence-corrected chi connectivity index (χ1v) is 7.89. The van der Waals surface area contributed by atoms with Crippen LogP contribution in [0.2, 0.25) is 0 Å². The van der Waals surface area contributed by atoms with Gasteiger partial charge in [0.2, 0.25) is 0 Å². The standard InChI is InChI=1S/C17H17FN2S/c18-16-4-3-14(13(10-16)2-1-7-19)11-20-8-5-17-15(12-20)6-9-21-17/h3-4,6,9-10H,5,7-8,11-12,19H2. The quantitative estimate of drug-likeness (QED) is 0.864. The molecule has 0 aliphatic carbocycles. The van der Waals surface area contributed by atoms with Crippen LogP contribution in [-0.2, 0) is 19.5 Å². The summed E-state index contributed by atoms with van der Waals surface area (Å²) in [6.07, 6.45) is 1.10. The highest BCUT2D eigenvalue weighted by atomic mass is 32.1. The van der Waals surface area contributed by atoms with E-state index in [0.717, 1.165) is 37.2 Å². The molecule has 2 N–H and O–H groups in total. The SMILES string of the molecule is NCC#Cc1cc(F)ccc1CN1CCc2sccc2C1. The van der Waals surface area contributed by atoms with Crippen LogP contribution in [0.25, 0.3) is 0 Å². The molecule has 1 aliphatic heterocycles. The second kappa shape index (κ2) is 6.40. The van der Waals surface area contributed by atoms with Crippen molar-refractivity contribution in [2.45, 2.75) is 19.5 Å². The van der Waals surface area contributed by atoms with Gasteiger partial charge in [0.25, 0.3) is 0 Å². The van der Waals surface area contributed by atoms with E-state index in [2.05, 4.69) is 28.2 Å². The van der Waals surface area contributed by atoms with Gasteiger partial charge in [0, 0.05) is 30.1 Å². The first-order valence-electron chi connectivity index (χ1n) is 7.01. The first kappa shape index (κ1) is 14.3. The number of hydrogen-bond acceptors (Lipinski definition) is 3. The molecule has 3 rings (SSSR count). The molecule has 1 aromatic carbocycles. The van der Waals surface area contributed by atoms with Gasteiger partial charge in [-0.3, -0.25) is 4.90 Å². The van der Waals surface area contributed by atoms with Crippen molar-refractivity contribution in [3.63, 3.8) is 0 Å². The van der Waals surface area contributed by atoms with E-state index in [0.29, 0.717) is 0 Å². The van der Waals surface area contributed by atoms with E-state index in [-0.39, 0.29) is 12.4 Å². The fourth-order valence-electron chi connectivity index (χ4n) is 2.63. The molecule has 2 nitrogen and oxygen atoms in total. The third kappa shape index (κ3) is 3.33. The van der Waals surface area contributed by atoms with Crippen LogP contribution in [0.1, 0.15) is 21.6 Å². The lowest BCUT2D eigenvalue weighted by atomic mass is 10.0. The van der Waals surface area contributed by atoms with Gasteiger partial charge in [-0.25, -0.2) is 4.39 Å². The van der Waals surface area contributed by atoms with Crippen LogP contribution in [0.4, 0.5) is 4.39 Å². The third-order valence-corrected chi connectivity index (χ3v) is 4.70. The van der Waals surface area contributed by atoms with E-state index in [1.54, 1.807) is 0 Å². The van der Waals surface area contributed by atoms with Crippen LogP contribution in [-0.4, -0.2) is 18.0 Å². The smallest absolute Gasteiger partial charge is 0.124 e. The van der Waals surface area contributed by atoms with Gasteiger partial charge in [-0.2, -0.15) is 0 Å². The van der Waals surface area contributed by atoms with Gasteiger partial charge in [0.1, 0.15) is 5.82 Å². The minimum atomic E-state index is -0.251. The number of hydrogen-bond donors (Lipinski definition) is 1. The van der Waals surface area contributed by atoms with Crippen molar-refractivity contribution in [1.29, 1.82) is 0 Å². The van der Waals surface area contributed by atoms with Crippen molar-refractivity contribution in [2.75, 3.05) is 13.1 Å². The predicted octanol–water partition coefficient (Wildman–Crippen LogP) is 2.76. The Hall–Kier alpha value is -1.67. The zero-order valence-corrected chi connectivity index (χ0v) is 12.5. The van der Waals surface area contributed by atoms with Gasteiger partial charge in [0.15, 0.2) is 0 Å². The number of halogens is 1. The van der Waals surface area contributed by atoms with E-state index < -0.39 is 0 Å². The Morgan fingerprint density at radius 3 is 3.10 bits per heavy atom. The number of benzene rings is 1. The molecule has 1 aromatic heterocycles. The van der Waals surface area contributed by atoms with Crippen LogP contribution in [0.3, 0.4) is 0 Å². The van der Waals surface area contributed by atoms with Crippen LogP contribution in [0.15, 0.2) is 29.6 Å². The van der Waals surface area contributed by atoms with Crippen molar-refractivity contribution >= 4 is 11.3 Å². The van der Waals surface area contributed by atoms with Crippen molar-refractivity contribution < 1.29 is 4.39 Å². The van der Waals surface area contributed by atoms with Gasteiger partial charge >= 0.3 is 0 Å². The van der Waals surface area contributed by atoms with Gasteiger partial charge in [-0.15, -0.1) is 11.3 Å². The summed E-state index contributed by atoms with van der Waals surface area (Å²) in [4.78, 5) is 3.88. The summed E-state index contributed by atoms with van der Waals surface area (Å²) in [6.45, 7) is 3.08. The molecule has 2 aromatic rings. The van der Waals surface area contributed by atoms with E-state index in [4.69, 9.17) is 5.73 Å². The van der Waals surface area contributed by atoms with Crippen molar-refractivity contribution in [2.24, 2.45) is 5.73 Å². The molecule has 0 unspecified atom stereocenters. The second-order valence-corrected chi connectivity index (χ2v) is 6.14. The maximum Gasteiger partial charge on any atom is 0.124 e. The summed E-state index contributed by atoms with van der Waals surface area (Å²) >= 11 is 1.84. The summed E-state index contributed by atoms with van der Waals surface area (Å²) in [6, 6.07) is 7.03. The molecule has 21 heavy (non-hydrogen) atoms. The molecule has 0 saturated heterocycles. The lowest BCUT2D eigenvalue weighted by Gasteiger charge is -2.27. The molecule has 0 fully saturated rings. The van der Waals surface area contributed by atoms with E-state index in [9.17, 15) is 4.39 Å². The summed E-state index contributed by atoms with van der Waals surface area (Å²) < 4.78 is 13.4. The number of thiophene rings is 1. The largest absolute Gasteiger partial charge is 0.320 e. The highest BCUT2D eigenvalue weighted by Crippen LogP contribution is 2.25. The van der Waals surface area contributed by atoms with E-state index in [1.165, 1.54) is 22.6 Å². The Kier molecular flexibility index (Phi) is 4.35. The molecule has 2 heterocycles. The molecule has 4 heteroatoms. The number of rotatable bonds is 2. The Balaban J connectivity index is 1.79. The van der Waals surface area contributed by atoms with Crippen molar-refractivity contribution in [3.05, 3.63) is 57.0 Å². The van der Waals surface area contributed by atoms with Gasteiger partial charge in [-0.1, -0.05) is 17.9 Å². The number of nitrogens with zero attached hydrogens (tertiary/aromatic N) is 1. The predicted molar refractivity (Wildman–Crippen MR) is 84.5 cm³/mol. The molecule has 1 aliphatic rings. The topological polar surface area (TPSA) is 29.3 Å².